The van der Waals surface area contributed by atoms with Crippen LogP contribution < -0.4 is 10.6 Å². The highest BCUT2D eigenvalue weighted by Gasteiger charge is 2.28. The van der Waals surface area contributed by atoms with Crippen LogP contribution in [-0.2, 0) is 7.05 Å². The van der Waals surface area contributed by atoms with Crippen molar-refractivity contribution in [2.75, 3.05) is 13.1 Å². The second-order valence-corrected chi connectivity index (χ2v) is 6.63. The summed E-state index contributed by atoms with van der Waals surface area (Å²) in [5.74, 6) is 0.430. The first-order valence-corrected chi connectivity index (χ1v) is 8.86. The van der Waals surface area contributed by atoms with Gasteiger partial charge in [-0.1, -0.05) is 30.3 Å². The van der Waals surface area contributed by atoms with Gasteiger partial charge in [-0.2, -0.15) is 5.10 Å². The molecule has 2 N–H and O–H groups in total. The topological polar surface area (TPSA) is 72.1 Å². The van der Waals surface area contributed by atoms with Crippen LogP contribution in [0.15, 0.2) is 59.3 Å². The van der Waals surface area contributed by atoms with E-state index in [4.69, 9.17) is 4.42 Å². The summed E-state index contributed by atoms with van der Waals surface area (Å²) in [6, 6.07) is 14.0. The molecule has 2 aromatic heterocycles. The lowest BCUT2D eigenvalue weighted by Crippen LogP contribution is -2.49. The number of hydrogen-bond donors (Lipinski definition) is 2. The van der Waals surface area contributed by atoms with Gasteiger partial charge in [0.25, 0.3) is 5.91 Å². The standard InChI is InChI=1S/C20H22N4O2/c1-24-18(8-10-22-24)15-11-19(26-13-15)20(25)23-17-12-21-9-7-16(17)14-5-3-2-4-6-14/h2-6,8,10-11,13,16-17,21H,7,9,12H2,1H3,(H,23,25)/t16-,17+/m1/s1. The van der Waals surface area contributed by atoms with E-state index in [1.807, 2.05) is 31.3 Å². The molecule has 0 spiro atoms. The molecule has 0 radical (unpaired) electrons. The van der Waals surface area contributed by atoms with E-state index in [1.165, 1.54) is 5.56 Å². The Kier molecular flexibility index (Phi) is 4.58. The van der Waals surface area contributed by atoms with E-state index in [2.05, 4.69) is 27.9 Å². The van der Waals surface area contributed by atoms with Gasteiger partial charge in [0.05, 0.1) is 5.69 Å². The second-order valence-electron chi connectivity index (χ2n) is 6.63. The summed E-state index contributed by atoms with van der Waals surface area (Å²) in [5.41, 5.74) is 3.01. The fraction of sp³-hybridized carbons (Fsp3) is 0.300. The minimum atomic E-state index is -0.187. The van der Waals surface area contributed by atoms with Crippen LogP contribution in [0.25, 0.3) is 11.3 Å². The van der Waals surface area contributed by atoms with Gasteiger partial charge in [-0.05, 0) is 30.7 Å². The third kappa shape index (κ3) is 3.28. The van der Waals surface area contributed by atoms with Gasteiger partial charge in [0.1, 0.15) is 6.26 Å². The highest BCUT2D eigenvalue weighted by atomic mass is 16.3. The molecule has 0 aliphatic carbocycles. The van der Waals surface area contributed by atoms with E-state index in [0.717, 1.165) is 30.8 Å². The second kappa shape index (κ2) is 7.17. The summed E-state index contributed by atoms with van der Waals surface area (Å²) in [6.45, 7) is 1.71. The lowest BCUT2D eigenvalue weighted by atomic mass is 9.86. The summed E-state index contributed by atoms with van der Waals surface area (Å²) in [7, 11) is 1.86. The highest BCUT2D eigenvalue weighted by molar-refractivity contribution is 5.93. The summed E-state index contributed by atoms with van der Waals surface area (Å²) < 4.78 is 7.27. The van der Waals surface area contributed by atoms with Gasteiger partial charge in [-0.25, -0.2) is 0 Å². The Morgan fingerprint density at radius 1 is 1.31 bits per heavy atom. The van der Waals surface area contributed by atoms with Crippen LogP contribution in [0.3, 0.4) is 0 Å². The van der Waals surface area contributed by atoms with Crippen molar-refractivity contribution in [1.29, 1.82) is 0 Å². The van der Waals surface area contributed by atoms with Crippen LogP contribution in [-0.4, -0.2) is 34.8 Å². The zero-order chi connectivity index (χ0) is 17.9. The van der Waals surface area contributed by atoms with Crippen molar-refractivity contribution in [3.8, 4) is 11.3 Å². The minimum absolute atomic E-state index is 0.0314. The molecular weight excluding hydrogens is 328 g/mol. The molecule has 1 aromatic carbocycles. The molecule has 26 heavy (non-hydrogen) atoms. The molecule has 3 heterocycles. The average Bonchev–Trinajstić information content (AvgIpc) is 3.32. The number of amides is 1. The van der Waals surface area contributed by atoms with Gasteiger partial charge in [-0.3, -0.25) is 9.48 Å². The van der Waals surface area contributed by atoms with E-state index in [-0.39, 0.29) is 11.9 Å². The van der Waals surface area contributed by atoms with Gasteiger partial charge < -0.3 is 15.1 Å². The van der Waals surface area contributed by atoms with Gasteiger partial charge in [0, 0.05) is 37.3 Å². The van der Waals surface area contributed by atoms with E-state index in [9.17, 15) is 4.79 Å². The van der Waals surface area contributed by atoms with Crippen molar-refractivity contribution in [2.24, 2.45) is 7.05 Å². The third-order valence-corrected chi connectivity index (χ3v) is 4.97. The number of benzene rings is 1. The molecule has 1 saturated heterocycles. The van der Waals surface area contributed by atoms with Gasteiger partial charge in [0.2, 0.25) is 0 Å². The highest BCUT2D eigenvalue weighted by Crippen LogP contribution is 2.26. The zero-order valence-corrected chi connectivity index (χ0v) is 14.7. The number of carbonyl (C=O) groups is 1. The first-order valence-electron chi connectivity index (χ1n) is 8.86. The number of furan rings is 1. The third-order valence-electron chi connectivity index (χ3n) is 4.97. The van der Waals surface area contributed by atoms with Crippen molar-refractivity contribution in [3.63, 3.8) is 0 Å². The fourth-order valence-electron chi connectivity index (χ4n) is 3.60. The molecule has 6 heteroatoms. The monoisotopic (exact) mass is 350 g/mol. The summed E-state index contributed by atoms with van der Waals surface area (Å²) in [5, 5.41) is 10.7. The molecule has 0 bridgehead atoms. The number of hydrogen-bond acceptors (Lipinski definition) is 4. The smallest absolute Gasteiger partial charge is 0.287 e. The Morgan fingerprint density at radius 3 is 2.92 bits per heavy atom. The average molecular weight is 350 g/mol. The quantitative estimate of drug-likeness (QED) is 0.759. The predicted octanol–water partition coefficient (Wildman–Crippen LogP) is 2.56. The number of nitrogens with one attached hydrogen (secondary N) is 2. The molecule has 134 valence electrons. The summed E-state index contributed by atoms with van der Waals surface area (Å²) in [6.07, 6.45) is 4.31. The maximum absolute atomic E-state index is 12.7. The van der Waals surface area contributed by atoms with Crippen molar-refractivity contribution in [3.05, 3.63) is 66.2 Å². The Labute approximate surface area is 152 Å². The Balaban J connectivity index is 1.50. The molecule has 1 aliphatic rings. The van der Waals surface area contributed by atoms with Crippen molar-refractivity contribution >= 4 is 5.91 Å². The van der Waals surface area contributed by atoms with Crippen molar-refractivity contribution in [1.82, 2.24) is 20.4 Å². The molecule has 1 aliphatic heterocycles. The number of aromatic nitrogens is 2. The summed E-state index contributed by atoms with van der Waals surface area (Å²) in [4.78, 5) is 12.7. The van der Waals surface area contributed by atoms with Gasteiger partial charge in [0.15, 0.2) is 5.76 Å². The molecular formula is C20H22N4O2. The zero-order valence-electron chi connectivity index (χ0n) is 14.7. The SMILES string of the molecule is Cn1nccc1-c1coc(C(=O)N[C@H]2CNCC[C@@H]2c2ccccc2)c1. The fourth-order valence-corrected chi connectivity index (χ4v) is 3.60. The lowest BCUT2D eigenvalue weighted by molar-refractivity contribution is 0.0896. The maximum atomic E-state index is 12.7. The van der Waals surface area contributed by atoms with E-state index in [1.54, 1.807) is 23.2 Å². The Bertz CT molecular complexity index is 884. The van der Waals surface area contributed by atoms with E-state index < -0.39 is 0 Å². The van der Waals surface area contributed by atoms with Crippen LogP contribution in [0.2, 0.25) is 0 Å². The number of rotatable bonds is 4. The van der Waals surface area contributed by atoms with Gasteiger partial charge in [-0.15, -0.1) is 0 Å². The molecule has 1 amide bonds. The Hall–Kier alpha value is -2.86. The van der Waals surface area contributed by atoms with Crippen molar-refractivity contribution in [2.45, 2.75) is 18.4 Å². The number of aryl methyl sites for hydroxylation is 1. The number of piperidine rings is 1. The van der Waals surface area contributed by atoms with Crippen LogP contribution in [0.5, 0.6) is 0 Å². The van der Waals surface area contributed by atoms with Gasteiger partial charge >= 0.3 is 0 Å². The molecule has 6 nitrogen and oxygen atoms in total. The molecule has 1 fully saturated rings. The number of carbonyl (C=O) groups excluding carboxylic acids is 1. The van der Waals surface area contributed by atoms with Crippen LogP contribution in [0.4, 0.5) is 0 Å². The van der Waals surface area contributed by atoms with Crippen LogP contribution in [0, 0.1) is 0 Å². The lowest BCUT2D eigenvalue weighted by Gasteiger charge is -2.33. The minimum Gasteiger partial charge on any atom is -0.458 e. The molecule has 0 unspecified atom stereocenters. The summed E-state index contributed by atoms with van der Waals surface area (Å²) >= 11 is 0. The molecule has 0 saturated carbocycles. The first kappa shape index (κ1) is 16.6. The molecule has 2 atom stereocenters. The Morgan fingerprint density at radius 2 is 2.15 bits per heavy atom. The number of nitrogens with zero attached hydrogens (tertiary/aromatic N) is 2. The van der Waals surface area contributed by atoms with E-state index >= 15 is 0 Å². The predicted molar refractivity (Wildman–Crippen MR) is 98.8 cm³/mol. The van der Waals surface area contributed by atoms with Crippen LogP contribution >= 0.6 is 0 Å². The van der Waals surface area contributed by atoms with Crippen LogP contribution in [0.1, 0.15) is 28.5 Å². The maximum Gasteiger partial charge on any atom is 0.287 e. The normalized spacial score (nSPS) is 20.0. The van der Waals surface area contributed by atoms with E-state index in [0.29, 0.717) is 11.7 Å². The largest absolute Gasteiger partial charge is 0.458 e. The van der Waals surface area contributed by atoms with Crippen molar-refractivity contribution < 1.29 is 9.21 Å². The first-order chi connectivity index (χ1) is 12.7. The molecule has 4 rings (SSSR count). The molecule has 3 aromatic rings.